The number of pyridine rings is 1. The highest BCUT2D eigenvalue weighted by molar-refractivity contribution is 5.55. The molecular weight excluding hydrogens is 421 g/mol. The molecule has 7 nitrogen and oxygen atoms in total. The van der Waals surface area contributed by atoms with Gasteiger partial charge in [-0.2, -0.15) is 28.1 Å². The molecule has 2 N–H and O–H groups in total. The Kier molecular flexibility index (Phi) is 6.20. The lowest BCUT2D eigenvalue weighted by Gasteiger charge is -2.12. The molecule has 4 rings (SSSR count). The van der Waals surface area contributed by atoms with Crippen molar-refractivity contribution in [3.8, 4) is 17.3 Å². The number of aromatic nitrogens is 4. The van der Waals surface area contributed by atoms with Crippen LogP contribution in [0.5, 0.6) is 5.75 Å². The normalized spacial score (nSPS) is 12.9. The third-order valence-electron chi connectivity index (χ3n) is 4.63. The van der Waals surface area contributed by atoms with Gasteiger partial charge in [0, 0.05) is 5.70 Å². The highest BCUT2D eigenvalue weighted by Gasteiger charge is 2.32. The number of anilines is 2. The molecule has 1 aromatic carbocycles. The summed E-state index contributed by atoms with van der Waals surface area (Å²) in [5, 5.41) is 6.15. The van der Waals surface area contributed by atoms with Crippen molar-refractivity contribution >= 4 is 11.9 Å². The van der Waals surface area contributed by atoms with Crippen LogP contribution in [0.1, 0.15) is 25.5 Å². The third-order valence-corrected chi connectivity index (χ3v) is 4.63. The van der Waals surface area contributed by atoms with Crippen LogP contribution in [0.15, 0.2) is 59.8 Å². The summed E-state index contributed by atoms with van der Waals surface area (Å²) in [6.45, 7) is 2.64. The molecule has 166 valence electrons. The number of hydrogen-bond donors (Lipinski definition) is 2. The van der Waals surface area contributed by atoms with Crippen LogP contribution in [0.4, 0.5) is 25.1 Å². The van der Waals surface area contributed by atoms with Crippen LogP contribution in [-0.4, -0.2) is 33.1 Å². The van der Waals surface area contributed by atoms with Gasteiger partial charge < -0.3 is 15.4 Å². The number of rotatable bonds is 8. The first kappa shape index (κ1) is 21.5. The van der Waals surface area contributed by atoms with E-state index in [1.165, 1.54) is 17.7 Å². The fraction of sp³-hybridized carbons (Fsp3) is 0.273. The molecule has 0 spiro atoms. The second-order valence-electron chi connectivity index (χ2n) is 7.15. The van der Waals surface area contributed by atoms with E-state index < -0.39 is 11.9 Å². The topological polar surface area (TPSA) is 84.9 Å². The van der Waals surface area contributed by atoms with Crippen LogP contribution in [0, 0.1) is 0 Å². The Labute approximate surface area is 182 Å². The van der Waals surface area contributed by atoms with Crippen LogP contribution in [0.3, 0.4) is 0 Å². The molecule has 1 fully saturated rings. The van der Waals surface area contributed by atoms with Crippen LogP contribution >= 0.6 is 0 Å². The maximum atomic E-state index is 13.1. The van der Waals surface area contributed by atoms with Crippen molar-refractivity contribution in [2.24, 2.45) is 0 Å². The van der Waals surface area contributed by atoms with Crippen LogP contribution < -0.4 is 15.4 Å². The van der Waals surface area contributed by atoms with Gasteiger partial charge in [-0.3, -0.25) is 0 Å². The van der Waals surface area contributed by atoms with E-state index in [0.29, 0.717) is 13.2 Å². The first-order chi connectivity index (χ1) is 15.4. The molecule has 32 heavy (non-hydrogen) atoms. The number of nitrogens with zero attached hydrogens (tertiary/aromatic N) is 4. The molecule has 1 saturated carbocycles. The largest absolute Gasteiger partial charge is 0.492 e. The number of ether oxygens (including phenoxy) is 1. The van der Waals surface area contributed by atoms with Crippen molar-refractivity contribution in [2.75, 3.05) is 23.8 Å². The second kappa shape index (κ2) is 9.21. The van der Waals surface area contributed by atoms with Crippen molar-refractivity contribution in [2.45, 2.75) is 25.9 Å². The standard InChI is InChI=1S/C22H21F3N6O/c1-14(15-10-11-15)27-21-30-19(17-8-5-9-18(28-17)22(23,24)25)29-20(31-21)26-12-13-32-16-6-3-2-4-7-16/h2-9H,10-13H2,1H3,(H2,26,27,29,30,31). The lowest BCUT2D eigenvalue weighted by molar-refractivity contribution is -0.141. The summed E-state index contributed by atoms with van der Waals surface area (Å²) in [4.78, 5) is 16.6. The van der Waals surface area contributed by atoms with Crippen molar-refractivity contribution in [1.82, 2.24) is 19.9 Å². The monoisotopic (exact) mass is 442 g/mol. The molecule has 0 atom stereocenters. The summed E-state index contributed by atoms with van der Waals surface area (Å²) in [5.41, 5.74) is 1.19. The van der Waals surface area contributed by atoms with E-state index >= 15 is 0 Å². The predicted molar refractivity (Wildman–Crippen MR) is 114 cm³/mol. The quantitative estimate of drug-likeness (QED) is 0.479. The lowest BCUT2D eigenvalue weighted by Crippen LogP contribution is -2.15. The van der Waals surface area contributed by atoms with Crippen LogP contribution in [0.2, 0.25) is 0 Å². The fourth-order valence-corrected chi connectivity index (χ4v) is 2.88. The van der Waals surface area contributed by atoms with Gasteiger partial charge in [0.2, 0.25) is 11.9 Å². The number of benzene rings is 1. The van der Waals surface area contributed by atoms with E-state index in [4.69, 9.17) is 4.74 Å². The molecule has 0 radical (unpaired) electrons. The number of nitrogens with one attached hydrogen (secondary N) is 2. The summed E-state index contributed by atoms with van der Waals surface area (Å²) >= 11 is 0. The lowest BCUT2D eigenvalue weighted by atomic mass is 10.3. The maximum Gasteiger partial charge on any atom is 0.433 e. The zero-order valence-electron chi connectivity index (χ0n) is 17.3. The summed E-state index contributed by atoms with van der Waals surface area (Å²) in [7, 11) is 0. The number of para-hydroxylation sites is 1. The SMILES string of the molecule is CC(Nc1nc(NCCOc2ccccc2)nc(-c2cccc(C(F)(F)F)n2)n1)=C1CC1. The molecule has 0 aliphatic heterocycles. The van der Waals surface area contributed by atoms with Gasteiger partial charge in [0.05, 0.1) is 6.54 Å². The molecule has 0 saturated heterocycles. The number of halogens is 3. The maximum absolute atomic E-state index is 13.1. The zero-order chi connectivity index (χ0) is 22.6. The van der Waals surface area contributed by atoms with Crippen molar-refractivity contribution in [3.63, 3.8) is 0 Å². The Hall–Kier alpha value is -3.69. The van der Waals surface area contributed by atoms with Gasteiger partial charge in [-0.1, -0.05) is 29.8 Å². The Balaban J connectivity index is 1.54. The third kappa shape index (κ3) is 5.71. The molecule has 1 aliphatic carbocycles. The number of hydrogen-bond acceptors (Lipinski definition) is 7. The first-order valence-corrected chi connectivity index (χ1v) is 10.1. The van der Waals surface area contributed by atoms with Crippen LogP contribution in [-0.2, 0) is 6.18 Å². The Bertz CT molecular complexity index is 1110. The Morgan fingerprint density at radius 1 is 0.938 bits per heavy atom. The smallest absolute Gasteiger partial charge is 0.433 e. The Morgan fingerprint density at radius 2 is 1.69 bits per heavy atom. The van der Waals surface area contributed by atoms with Gasteiger partial charge in [-0.05, 0) is 44.0 Å². The predicted octanol–water partition coefficient (Wildman–Crippen LogP) is 4.92. The molecule has 2 aromatic heterocycles. The van der Waals surface area contributed by atoms with E-state index in [1.54, 1.807) is 0 Å². The molecule has 1 aliphatic rings. The number of allylic oxidation sites excluding steroid dienone is 2. The average molecular weight is 442 g/mol. The molecule has 3 aromatic rings. The highest BCUT2D eigenvalue weighted by Crippen LogP contribution is 2.32. The molecular formula is C22H21F3N6O. The van der Waals surface area contributed by atoms with Gasteiger partial charge in [-0.25, -0.2) is 4.98 Å². The molecule has 0 unspecified atom stereocenters. The minimum absolute atomic E-state index is 0.00517. The summed E-state index contributed by atoms with van der Waals surface area (Å²) in [5.74, 6) is 1.21. The summed E-state index contributed by atoms with van der Waals surface area (Å²) < 4.78 is 44.9. The van der Waals surface area contributed by atoms with E-state index in [1.807, 2.05) is 37.3 Å². The van der Waals surface area contributed by atoms with Gasteiger partial charge in [-0.15, -0.1) is 0 Å². The first-order valence-electron chi connectivity index (χ1n) is 10.1. The average Bonchev–Trinajstić information content (AvgIpc) is 3.63. The molecule has 2 heterocycles. The highest BCUT2D eigenvalue weighted by atomic mass is 19.4. The zero-order valence-corrected chi connectivity index (χ0v) is 17.3. The number of alkyl halides is 3. The van der Waals surface area contributed by atoms with E-state index in [9.17, 15) is 13.2 Å². The Morgan fingerprint density at radius 3 is 2.41 bits per heavy atom. The van der Waals surface area contributed by atoms with Gasteiger partial charge >= 0.3 is 6.18 Å². The van der Waals surface area contributed by atoms with E-state index in [0.717, 1.165) is 30.4 Å². The van der Waals surface area contributed by atoms with Crippen molar-refractivity contribution in [3.05, 3.63) is 65.5 Å². The molecule has 10 heteroatoms. The van der Waals surface area contributed by atoms with Gasteiger partial charge in [0.1, 0.15) is 23.7 Å². The second-order valence-corrected chi connectivity index (χ2v) is 7.15. The van der Waals surface area contributed by atoms with E-state index in [2.05, 4.69) is 30.6 Å². The van der Waals surface area contributed by atoms with Crippen molar-refractivity contribution in [1.29, 1.82) is 0 Å². The van der Waals surface area contributed by atoms with Gasteiger partial charge in [0.15, 0.2) is 5.82 Å². The molecule has 0 bridgehead atoms. The summed E-state index contributed by atoms with van der Waals surface area (Å²) in [6, 6.07) is 12.9. The van der Waals surface area contributed by atoms with Crippen molar-refractivity contribution < 1.29 is 17.9 Å². The fourth-order valence-electron chi connectivity index (χ4n) is 2.88. The van der Waals surface area contributed by atoms with Gasteiger partial charge in [0.25, 0.3) is 0 Å². The van der Waals surface area contributed by atoms with E-state index in [-0.39, 0.29) is 23.4 Å². The van der Waals surface area contributed by atoms with Crippen LogP contribution in [0.25, 0.3) is 11.5 Å². The minimum Gasteiger partial charge on any atom is -0.492 e. The summed E-state index contributed by atoms with van der Waals surface area (Å²) in [6.07, 6.45) is -2.55. The minimum atomic E-state index is -4.56. The molecule has 0 amide bonds.